The summed E-state index contributed by atoms with van der Waals surface area (Å²) in [4.78, 5) is 59.1. The molecule has 0 bridgehead atoms. The second kappa shape index (κ2) is 10.4. The monoisotopic (exact) mass is 500 g/mol. The number of allylic oxidation sites excluding steroid dienone is 2. The maximum absolute atomic E-state index is 12.7. The third kappa shape index (κ3) is 5.53. The molecule has 0 atom stereocenters. The SMILES string of the molecule is COC(=O)/C=C(\C(=O)OC)C1=C(C(C)(C)C)C2=NC(/C(=C/C(=O)OC)C(=O)OC)=C(C(C)(C)C)C2=N1. The summed E-state index contributed by atoms with van der Waals surface area (Å²) in [5, 5.41) is 0. The van der Waals surface area contributed by atoms with Crippen LogP contribution in [0.15, 0.2) is 55.8 Å². The second-order valence-electron chi connectivity index (χ2n) is 10.0. The third-order valence-electron chi connectivity index (χ3n) is 5.37. The van der Waals surface area contributed by atoms with Crippen LogP contribution in [0, 0.1) is 10.8 Å². The van der Waals surface area contributed by atoms with E-state index in [4.69, 9.17) is 28.9 Å². The summed E-state index contributed by atoms with van der Waals surface area (Å²) in [5.41, 5.74) is 0.954. The Morgan fingerprint density at radius 2 is 0.889 bits per heavy atom. The van der Waals surface area contributed by atoms with Gasteiger partial charge in [-0.1, -0.05) is 41.5 Å². The molecule has 0 aliphatic carbocycles. The van der Waals surface area contributed by atoms with Crippen LogP contribution in [0.25, 0.3) is 0 Å². The van der Waals surface area contributed by atoms with Gasteiger partial charge in [0, 0.05) is 23.3 Å². The molecule has 0 amide bonds. The minimum absolute atomic E-state index is 0.0908. The normalized spacial score (nSPS) is 16.4. The predicted molar refractivity (Wildman–Crippen MR) is 132 cm³/mol. The first-order chi connectivity index (χ1) is 16.6. The van der Waals surface area contributed by atoms with Crippen molar-refractivity contribution in [2.24, 2.45) is 20.8 Å². The number of hydrogen-bond acceptors (Lipinski definition) is 10. The van der Waals surface area contributed by atoms with E-state index in [1.54, 1.807) is 0 Å². The molecule has 194 valence electrons. The van der Waals surface area contributed by atoms with Crippen LogP contribution >= 0.6 is 0 Å². The van der Waals surface area contributed by atoms with Crippen molar-refractivity contribution in [1.29, 1.82) is 0 Å². The van der Waals surface area contributed by atoms with E-state index in [2.05, 4.69) is 0 Å². The molecular weight excluding hydrogens is 468 g/mol. The molecule has 0 N–H and O–H groups in total. The largest absolute Gasteiger partial charge is 0.466 e. The zero-order valence-corrected chi connectivity index (χ0v) is 22.3. The van der Waals surface area contributed by atoms with Gasteiger partial charge in [0.15, 0.2) is 0 Å². The van der Waals surface area contributed by atoms with Gasteiger partial charge in [0.05, 0.1) is 62.4 Å². The van der Waals surface area contributed by atoms with Crippen LogP contribution in [0.3, 0.4) is 0 Å². The van der Waals surface area contributed by atoms with E-state index in [1.807, 2.05) is 41.5 Å². The fourth-order valence-electron chi connectivity index (χ4n) is 3.85. The van der Waals surface area contributed by atoms with E-state index in [0.29, 0.717) is 22.6 Å². The number of carbonyl (C=O) groups excluding carboxylic acids is 4. The topological polar surface area (TPSA) is 130 Å². The number of rotatable bonds is 6. The summed E-state index contributed by atoms with van der Waals surface area (Å²) in [6, 6.07) is 0. The molecule has 0 saturated heterocycles. The highest BCUT2D eigenvalue weighted by atomic mass is 16.5. The average molecular weight is 501 g/mol. The van der Waals surface area contributed by atoms with E-state index in [9.17, 15) is 19.2 Å². The molecule has 2 aliphatic heterocycles. The summed E-state index contributed by atoms with van der Waals surface area (Å²) < 4.78 is 19.3. The van der Waals surface area contributed by atoms with Gasteiger partial charge in [-0.25, -0.2) is 29.2 Å². The van der Waals surface area contributed by atoms with Crippen LogP contribution in [-0.4, -0.2) is 63.7 Å². The van der Waals surface area contributed by atoms with Crippen molar-refractivity contribution in [2.45, 2.75) is 41.5 Å². The van der Waals surface area contributed by atoms with Gasteiger partial charge in [0.25, 0.3) is 0 Å². The Labute approximate surface area is 210 Å². The molecule has 0 saturated carbocycles. The first kappa shape index (κ1) is 28.4. The molecular formula is C26H32N2O8. The third-order valence-corrected chi connectivity index (χ3v) is 5.37. The van der Waals surface area contributed by atoms with Crippen LogP contribution < -0.4 is 0 Å². The van der Waals surface area contributed by atoms with Crippen molar-refractivity contribution >= 4 is 35.3 Å². The van der Waals surface area contributed by atoms with E-state index in [0.717, 1.165) is 12.2 Å². The summed E-state index contributed by atoms with van der Waals surface area (Å²) in [6.07, 6.45) is 2.05. The first-order valence-electron chi connectivity index (χ1n) is 11.1. The minimum atomic E-state index is -0.774. The number of ether oxygens (including phenoxy) is 4. The number of carbonyl (C=O) groups is 4. The van der Waals surface area contributed by atoms with Gasteiger partial charge in [-0.3, -0.25) is 0 Å². The molecule has 0 spiro atoms. The number of esters is 4. The lowest BCUT2D eigenvalue weighted by Crippen LogP contribution is -2.25. The van der Waals surface area contributed by atoms with E-state index < -0.39 is 34.7 Å². The highest BCUT2D eigenvalue weighted by molar-refractivity contribution is 6.58. The Bertz CT molecular complexity index is 1100. The van der Waals surface area contributed by atoms with Crippen LogP contribution in [-0.2, 0) is 38.1 Å². The first-order valence-corrected chi connectivity index (χ1v) is 11.1. The highest BCUT2D eigenvalue weighted by Gasteiger charge is 2.45. The molecule has 10 nitrogen and oxygen atoms in total. The van der Waals surface area contributed by atoms with Gasteiger partial charge >= 0.3 is 23.9 Å². The Balaban J connectivity index is 2.96. The lowest BCUT2D eigenvalue weighted by molar-refractivity contribution is -0.138. The van der Waals surface area contributed by atoms with Crippen molar-refractivity contribution < 1.29 is 38.1 Å². The van der Waals surface area contributed by atoms with Gasteiger partial charge < -0.3 is 18.9 Å². The molecule has 36 heavy (non-hydrogen) atoms. The number of methoxy groups -OCH3 is 4. The molecule has 0 fully saturated rings. The van der Waals surface area contributed by atoms with E-state index in [1.165, 1.54) is 28.4 Å². The number of nitrogens with zero attached hydrogens (tertiary/aromatic N) is 2. The standard InChI is InChI=1S/C26H32N2O8/c1-25(2,3)17-19(13(23(31)35-9)11-15(29)33-7)27-22-18(26(4,5)6)20(28-21(17)22)14(24(32)36-10)12-16(30)34-8/h11-12H,1-10H3/b13-11-,14-12-. The van der Waals surface area contributed by atoms with Gasteiger partial charge in [-0.15, -0.1) is 0 Å². The van der Waals surface area contributed by atoms with Crippen LogP contribution in [0.4, 0.5) is 0 Å². The fraction of sp³-hybridized carbons (Fsp3) is 0.462. The molecule has 0 aromatic heterocycles. The van der Waals surface area contributed by atoms with E-state index in [-0.39, 0.29) is 22.5 Å². The Kier molecular flexibility index (Phi) is 8.23. The molecule has 2 aliphatic rings. The second-order valence-corrected chi connectivity index (χ2v) is 10.0. The van der Waals surface area contributed by atoms with E-state index >= 15 is 0 Å². The maximum Gasteiger partial charge on any atom is 0.340 e. The number of fused-ring (bicyclic) bond motifs is 1. The summed E-state index contributed by atoms with van der Waals surface area (Å²) in [5.74, 6) is -3.05. The van der Waals surface area contributed by atoms with Gasteiger partial charge in [0.2, 0.25) is 0 Å². The molecule has 0 aromatic rings. The number of hydrogen-bond donors (Lipinski definition) is 0. The van der Waals surface area contributed by atoms with Gasteiger partial charge in [-0.05, 0) is 10.8 Å². The molecule has 2 heterocycles. The minimum Gasteiger partial charge on any atom is -0.466 e. The van der Waals surface area contributed by atoms with Crippen molar-refractivity contribution in [2.75, 3.05) is 28.4 Å². The molecule has 0 aromatic carbocycles. The smallest absolute Gasteiger partial charge is 0.340 e. The maximum atomic E-state index is 12.7. The van der Waals surface area contributed by atoms with Gasteiger partial charge in [-0.2, -0.15) is 0 Å². The fourth-order valence-corrected chi connectivity index (χ4v) is 3.85. The summed E-state index contributed by atoms with van der Waals surface area (Å²) in [6.45, 7) is 11.4. The zero-order chi connectivity index (χ0) is 27.6. The van der Waals surface area contributed by atoms with Crippen molar-refractivity contribution in [1.82, 2.24) is 0 Å². The Morgan fingerprint density at radius 1 is 0.583 bits per heavy atom. The summed E-state index contributed by atoms with van der Waals surface area (Å²) in [7, 11) is 4.79. The molecule has 0 radical (unpaired) electrons. The van der Waals surface area contributed by atoms with Crippen molar-refractivity contribution in [3.63, 3.8) is 0 Å². The quantitative estimate of drug-likeness (QED) is 0.309. The molecule has 2 rings (SSSR count). The van der Waals surface area contributed by atoms with Gasteiger partial charge in [0.1, 0.15) is 0 Å². The highest BCUT2D eigenvalue weighted by Crippen LogP contribution is 2.46. The molecule has 0 unspecified atom stereocenters. The number of aliphatic imine (C=N–C) groups is 2. The van der Waals surface area contributed by atoms with Crippen LogP contribution in [0.2, 0.25) is 0 Å². The zero-order valence-electron chi connectivity index (χ0n) is 22.3. The lowest BCUT2D eigenvalue weighted by atomic mass is 9.77. The van der Waals surface area contributed by atoms with Crippen LogP contribution in [0.5, 0.6) is 0 Å². The molecule has 10 heteroatoms. The van der Waals surface area contributed by atoms with Crippen molar-refractivity contribution in [3.8, 4) is 0 Å². The predicted octanol–water partition coefficient (Wildman–Crippen LogP) is 3.04. The van der Waals surface area contributed by atoms with Crippen LogP contribution in [0.1, 0.15) is 41.5 Å². The summed E-state index contributed by atoms with van der Waals surface area (Å²) >= 11 is 0. The average Bonchev–Trinajstić information content (AvgIpc) is 3.34. The lowest BCUT2D eigenvalue weighted by Gasteiger charge is -2.23. The Hall–Kier alpha value is -3.82. The van der Waals surface area contributed by atoms with Crippen molar-refractivity contribution in [3.05, 3.63) is 45.8 Å². The Morgan fingerprint density at radius 3 is 1.11 bits per heavy atom.